The first-order chi connectivity index (χ1) is 15.1. The van der Waals surface area contributed by atoms with Crippen LogP contribution in [-0.4, -0.2) is 25.5 Å². The fourth-order valence-electron chi connectivity index (χ4n) is 3.69. The van der Waals surface area contributed by atoms with Gasteiger partial charge < -0.3 is 4.90 Å². The van der Waals surface area contributed by atoms with E-state index < -0.39 is 21.7 Å². The maximum Gasteiger partial charge on any atom is 0.254 e. The lowest BCUT2D eigenvalue weighted by molar-refractivity contribution is 0.0651. The molecule has 32 heavy (non-hydrogen) atoms. The maximum atomic E-state index is 13.8. The van der Waals surface area contributed by atoms with Gasteiger partial charge in [0.25, 0.3) is 5.91 Å². The highest BCUT2D eigenvalue weighted by Crippen LogP contribution is 2.30. The van der Waals surface area contributed by atoms with Crippen LogP contribution in [0, 0.1) is 18.6 Å². The van der Waals surface area contributed by atoms with E-state index >= 15 is 0 Å². The molecule has 0 aromatic heterocycles. The largest absolute Gasteiger partial charge is 0.327 e. The topological polar surface area (TPSA) is 54.5 Å². The number of halogens is 2. The average Bonchev–Trinajstić information content (AvgIpc) is 2.74. The van der Waals surface area contributed by atoms with Crippen molar-refractivity contribution in [3.63, 3.8) is 0 Å². The Morgan fingerprint density at radius 2 is 1.66 bits per heavy atom. The van der Waals surface area contributed by atoms with Gasteiger partial charge in [-0.3, -0.25) is 4.79 Å². The van der Waals surface area contributed by atoms with Crippen molar-refractivity contribution >= 4 is 15.7 Å². The molecule has 1 amide bonds. The molecule has 0 radical (unpaired) electrons. The number of nitrogens with zero attached hydrogens (tertiary/aromatic N) is 1. The zero-order valence-corrected chi connectivity index (χ0v) is 19.0. The van der Waals surface area contributed by atoms with Gasteiger partial charge in [-0.1, -0.05) is 37.3 Å². The minimum Gasteiger partial charge on any atom is -0.327 e. The van der Waals surface area contributed by atoms with Crippen molar-refractivity contribution in [2.45, 2.75) is 37.8 Å². The molecule has 3 aromatic rings. The monoisotopic (exact) mass is 457 g/mol. The standard InChI is InChI=1S/C25H25F2NO3S/c1-4-24(19-9-11-20(26)12-10-19)28(16-18-6-5-7-21(27)14-18)25(29)23-15-22(32(3,30)31)13-8-17(23)2/h5-15,24H,4,16H2,1-3H3. The smallest absolute Gasteiger partial charge is 0.254 e. The van der Waals surface area contributed by atoms with Crippen molar-refractivity contribution < 1.29 is 22.0 Å². The van der Waals surface area contributed by atoms with Crippen molar-refractivity contribution in [3.8, 4) is 0 Å². The second-order valence-electron chi connectivity index (χ2n) is 7.79. The average molecular weight is 458 g/mol. The summed E-state index contributed by atoms with van der Waals surface area (Å²) in [6, 6.07) is 15.9. The number of aryl methyl sites for hydroxylation is 1. The molecule has 0 fully saturated rings. The van der Waals surface area contributed by atoms with E-state index in [0.717, 1.165) is 11.8 Å². The van der Waals surface area contributed by atoms with Gasteiger partial charge in [-0.2, -0.15) is 0 Å². The van der Waals surface area contributed by atoms with Crippen LogP contribution in [0.15, 0.2) is 71.6 Å². The predicted octanol–water partition coefficient (Wildman–Crippen LogP) is 5.47. The quantitative estimate of drug-likeness (QED) is 0.473. The molecule has 0 aliphatic rings. The van der Waals surface area contributed by atoms with Crippen LogP contribution in [0.5, 0.6) is 0 Å². The molecule has 168 valence electrons. The highest BCUT2D eigenvalue weighted by atomic mass is 32.2. The van der Waals surface area contributed by atoms with E-state index in [1.807, 2.05) is 6.92 Å². The molecule has 3 aromatic carbocycles. The van der Waals surface area contributed by atoms with Gasteiger partial charge >= 0.3 is 0 Å². The Morgan fingerprint density at radius 3 is 2.25 bits per heavy atom. The molecular weight excluding hydrogens is 432 g/mol. The SMILES string of the molecule is CCC(c1ccc(F)cc1)N(Cc1cccc(F)c1)C(=O)c1cc(S(C)(=O)=O)ccc1C. The molecule has 0 saturated heterocycles. The van der Waals surface area contributed by atoms with E-state index in [0.29, 0.717) is 17.5 Å². The number of amides is 1. The highest BCUT2D eigenvalue weighted by molar-refractivity contribution is 7.90. The number of sulfone groups is 1. The lowest BCUT2D eigenvalue weighted by Gasteiger charge is -2.32. The summed E-state index contributed by atoms with van der Waals surface area (Å²) < 4.78 is 51.4. The van der Waals surface area contributed by atoms with Gasteiger partial charge in [-0.25, -0.2) is 17.2 Å². The van der Waals surface area contributed by atoms with Crippen LogP contribution < -0.4 is 0 Å². The fourth-order valence-corrected chi connectivity index (χ4v) is 4.34. The van der Waals surface area contributed by atoms with Crippen LogP contribution >= 0.6 is 0 Å². The van der Waals surface area contributed by atoms with Crippen molar-refractivity contribution in [2.24, 2.45) is 0 Å². The predicted molar refractivity (Wildman–Crippen MR) is 120 cm³/mol. The summed E-state index contributed by atoms with van der Waals surface area (Å²) in [5.41, 5.74) is 2.21. The van der Waals surface area contributed by atoms with Gasteiger partial charge in [0.05, 0.1) is 10.9 Å². The Hall–Kier alpha value is -3.06. The number of carbonyl (C=O) groups is 1. The minimum absolute atomic E-state index is 0.0481. The Bertz CT molecular complexity index is 1220. The molecule has 3 rings (SSSR count). The normalized spacial score (nSPS) is 12.4. The summed E-state index contributed by atoms with van der Waals surface area (Å²) in [5.74, 6) is -1.18. The zero-order valence-electron chi connectivity index (χ0n) is 18.2. The summed E-state index contributed by atoms with van der Waals surface area (Å²) in [4.78, 5) is 15.4. The van der Waals surface area contributed by atoms with Crippen molar-refractivity contribution in [3.05, 3.63) is 101 Å². The van der Waals surface area contributed by atoms with Crippen LogP contribution in [-0.2, 0) is 16.4 Å². The lowest BCUT2D eigenvalue weighted by atomic mass is 9.99. The molecule has 7 heteroatoms. The van der Waals surface area contributed by atoms with E-state index in [1.165, 1.54) is 36.4 Å². The van der Waals surface area contributed by atoms with Gasteiger partial charge in [0.1, 0.15) is 11.6 Å². The van der Waals surface area contributed by atoms with E-state index in [9.17, 15) is 22.0 Å². The molecule has 1 unspecified atom stereocenters. The second kappa shape index (κ2) is 9.61. The van der Waals surface area contributed by atoms with E-state index in [1.54, 1.807) is 42.2 Å². The second-order valence-corrected chi connectivity index (χ2v) is 9.80. The first kappa shape index (κ1) is 23.6. The molecular formula is C25H25F2NO3S. The van der Waals surface area contributed by atoms with E-state index in [4.69, 9.17) is 0 Å². The van der Waals surface area contributed by atoms with Gasteiger partial charge in [0.2, 0.25) is 0 Å². The molecule has 0 heterocycles. The Morgan fingerprint density at radius 1 is 0.969 bits per heavy atom. The summed E-state index contributed by atoms with van der Waals surface area (Å²) in [5, 5.41) is 0. The van der Waals surface area contributed by atoms with Crippen LogP contribution in [0.1, 0.15) is 46.4 Å². The maximum absolute atomic E-state index is 13.8. The molecule has 0 N–H and O–H groups in total. The van der Waals surface area contributed by atoms with E-state index in [-0.39, 0.29) is 28.7 Å². The number of hydrogen-bond donors (Lipinski definition) is 0. The molecule has 0 saturated carbocycles. The Balaban J connectivity index is 2.11. The number of hydrogen-bond acceptors (Lipinski definition) is 3. The number of carbonyl (C=O) groups excluding carboxylic acids is 1. The van der Waals surface area contributed by atoms with Crippen LogP contribution in [0.2, 0.25) is 0 Å². The summed E-state index contributed by atoms with van der Waals surface area (Å²) in [6.07, 6.45) is 1.61. The van der Waals surface area contributed by atoms with Crippen molar-refractivity contribution in [1.82, 2.24) is 4.90 Å². The van der Waals surface area contributed by atoms with Crippen molar-refractivity contribution in [2.75, 3.05) is 6.26 Å². The summed E-state index contributed by atoms with van der Waals surface area (Å²) in [6.45, 7) is 3.74. The number of benzene rings is 3. The first-order valence-electron chi connectivity index (χ1n) is 10.2. The van der Waals surface area contributed by atoms with Crippen LogP contribution in [0.3, 0.4) is 0 Å². The van der Waals surface area contributed by atoms with Gasteiger partial charge in [-0.15, -0.1) is 0 Å². The lowest BCUT2D eigenvalue weighted by Crippen LogP contribution is -2.35. The fraction of sp³-hybridized carbons (Fsp3) is 0.240. The molecule has 1 atom stereocenters. The summed E-state index contributed by atoms with van der Waals surface area (Å²) >= 11 is 0. The molecule has 0 aliphatic carbocycles. The number of rotatable bonds is 7. The minimum atomic E-state index is -3.51. The third-order valence-corrected chi connectivity index (χ3v) is 6.50. The zero-order chi connectivity index (χ0) is 23.5. The highest BCUT2D eigenvalue weighted by Gasteiger charge is 2.27. The van der Waals surface area contributed by atoms with Gasteiger partial charge in [0, 0.05) is 18.4 Å². The summed E-state index contributed by atoms with van der Waals surface area (Å²) in [7, 11) is -3.51. The van der Waals surface area contributed by atoms with E-state index in [2.05, 4.69) is 0 Å². The van der Waals surface area contributed by atoms with Crippen molar-refractivity contribution in [1.29, 1.82) is 0 Å². The first-order valence-corrected chi connectivity index (χ1v) is 12.1. The molecule has 0 spiro atoms. The molecule has 4 nitrogen and oxygen atoms in total. The third-order valence-electron chi connectivity index (χ3n) is 5.39. The third kappa shape index (κ3) is 5.40. The van der Waals surface area contributed by atoms with Gasteiger partial charge in [0.15, 0.2) is 9.84 Å². The van der Waals surface area contributed by atoms with Crippen LogP contribution in [0.25, 0.3) is 0 Å². The van der Waals surface area contributed by atoms with Gasteiger partial charge in [-0.05, 0) is 66.4 Å². The van der Waals surface area contributed by atoms with Crippen LogP contribution in [0.4, 0.5) is 8.78 Å². The molecule has 0 bridgehead atoms. The molecule has 0 aliphatic heterocycles. The Kier molecular flexibility index (Phi) is 7.09. The Labute approximate surface area is 187 Å².